The number of alkyl halides is 3. The van der Waals surface area contributed by atoms with Crippen molar-refractivity contribution >= 4 is 11.7 Å². The summed E-state index contributed by atoms with van der Waals surface area (Å²) in [7, 11) is 0. The highest BCUT2D eigenvalue weighted by Gasteiger charge is 2.43. The van der Waals surface area contributed by atoms with E-state index in [0.717, 1.165) is 6.20 Å². The Morgan fingerprint density at radius 2 is 2.30 bits per heavy atom. The number of rotatable bonds is 6. The first-order valence-electron chi connectivity index (χ1n) is 6.96. The zero-order valence-electron chi connectivity index (χ0n) is 12.3. The highest BCUT2D eigenvalue weighted by molar-refractivity contribution is 5.66. The molecule has 23 heavy (non-hydrogen) atoms. The van der Waals surface area contributed by atoms with Crippen LogP contribution in [0.3, 0.4) is 0 Å². The van der Waals surface area contributed by atoms with Crippen LogP contribution in [-0.4, -0.2) is 46.6 Å². The number of anilines is 1. The van der Waals surface area contributed by atoms with Crippen molar-refractivity contribution in [3.8, 4) is 0 Å². The second kappa shape index (κ2) is 6.57. The lowest BCUT2D eigenvalue weighted by atomic mass is 9.96. The van der Waals surface area contributed by atoms with Gasteiger partial charge in [0.25, 0.3) is 5.56 Å². The largest absolute Gasteiger partial charge is 0.481 e. The van der Waals surface area contributed by atoms with Crippen LogP contribution in [-0.2, 0) is 15.7 Å². The van der Waals surface area contributed by atoms with Crippen molar-refractivity contribution < 1.29 is 27.8 Å². The molecule has 0 amide bonds. The maximum atomic E-state index is 13.1. The SMILES string of the molecule is CC(OCCC(=O)O)C1CCN1c1cn[nH]c(=O)c1C(F)(F)F. The van der Waals surface area contributed by atoms with Crippen LogP contribution in [0, 0.1) is 0 Å². The van der Waals surface area contributed by atoms with Gasteiger partial charge >= 0.3 is 12.1 Å². The molecule has 128 valence electrons. The van der Waals surface area contributed by atoms with Gasteiger partial charge in [0.15, 0.2) is 0 Å². The van der Waals surface area contributed by atoms with Crippen LogP contribution in [0.25, 0.3) is 0 Å². The predicted molar refractivity (Wildman–Crippen MR) is 73.3 cm³/mol. The van der Waals surface area contributed by atoms with Gasteiger partial charge in [-0.1, -0.05) is 0 Å². The number of nitrogens with zero attached hydrogens (tertiary/aromatic N) is 2. The van der Waals surface area contributed by atoms with E-state index in [4.69, 9.17) is 9.84 Å². The highest BCUT2D eigenvalue weighted by atomic mass is 19.4. The number of aromatic amines is 1. The summed E-state index contributed by atoms with van der Waals surface area (Å²) in [5, 5.41) is 13.8. The number of H-pyrrole nitrogens is 1. The minimum Gasteiger partial charge on any atom is -0.481 e. The molecule has 2 rings (SSSR count). The van der Waals surface area contributed by atoms with E-state index in [2.05, 4.69) is 5.10 Å². The number of carboxylic acid groups (broad SMARTS) is 1. The Balaban J connectivity index is 2.15. The van der Waals surface area contributed by atoms with Crippen molar-refractivity contribution in [2.24, 2.45) is 0 Å². The maximum Gasteiger partial charge on any atom is 0.423 e. The van der Waals surface area contributed by atoms with Crippen molar-refractivity contribution in [2.45, 2.75) is 38.1 Å². The van der Waals surface area contributed by atoms with E-state index in [-0.39, 0.29) is 24.8 Å². The highest BCUT2D eigenvalue weighted by Crippen LogP contribution is 2.37. The van der Waals surface area contributed by atoms with Crippen molar-refractivity contribution in [3.63, 3.8) is 0 Å². The second-order valence-electron chi connectivity index (χ2n) is 5.23. The summed E-state index contributed by atoms with van der Waals surface area (Å²) in [5.41, 5.74) is -2.86. The summed E-state index contributed by atoms with van der Waals surface area (Å²) >= 11 is 0. The Bertz CT molecular complexity index is 632. The number of nitrogens with one attached hydrogen (secondary N) is 1. The summed E-state index contributed by atoms with van der Waals surface area (Å²) in [4.78, 5) is 23.4. The molecule has 1 aliphatic rings. The molecule has 0 saturated carbocycles. The summed E-state index contributed by atoms with van der Waals surface area (Å²) in [5.74, 6) is -1.01. The molecule has 0 spiro atoms. The van der Waals surface area contributed by atoms with E-state index in [1.807, 2.05) is 0 Å². The van der Waals surface area contributed by atoms with E-state index < -0.39 is 29.4 Å². The summed E-state index contributed by atoms with van der Waals surface area (Å²) in [6.45, 7) is 1.97. The maximum absolute atomic E-state index is 13.1. The molecule has 2 N–H and O–H groups in total. The molecule has 2 heterocycles. The van der Waals surface area contributed by atoms with Crippen molar-refractivity contribution in [1.82, 2.24) is 10.2 Å². The molecule has 1 aliphatic heterocycles. The molecule has 1 aromatic heterocycles. The van der Waals surface area contributed by atoms with Crippen molar-refractivity contribution in [3.05, 3.63) is 22.1 Å². The van der Waals surface area contributed by atoms with Gasteiger partial charge in [-0.25, -0.2) is 5.10 Å². The van der Waals surface area contributed by atoms with Crippen molar-refractivity contribution in [2.75, 3.05) is 18.1 Å². The van der Waals surface area contributed by atoms with E-state index in [1.54, 1.807) is 12.0 Å². The molecule has 0 bridgehead atoms. The van der Waals surface area contributed by atoms with Crippen LogP contribution >= 0.6 is 0 Å². The lowest BCUT2D eigenvalue weighted by Gasteiger charge is -2.46. The summed E-state index contributed by atoms with van der Waals surface area (Å²) in [6, 6.07) is -0.367. The monoisotopic (exact) mass is 335 g/mol. The second-order valence-corrected chi connectivity index (χ2v) is 5.23. The fourth-order valence-electron chi connectivity index (χ4n) is 2.52. The van der Waals surface area contributed by atoms with Gasteiger partial charge in [-0.3, -0.25) is 9.59 Å². The number of aromatic nitrogens is 2. The van der Waals surface area contributed by atoms with Crippen LogP contribution in [0.2, 0.25) is 0 Å². The number of carbonyl (C=O) groups is 1. The summed E-state index contributed by atoms with van der Waals surface area (Å²) in [6.07, 6.45) is -3.89. The molecule has 0 aliphatic carbocycles. The number of hydrogen-bond acceptors (Lipinski definition) is 5. The van der Waals surface area contributed by atoms with Gasteiger partial charge in [0, 0.05) is 6.54 Å². The molecule has 1 fully saturated rings. The third kappa shape index (κ3) is 3.81. The summed E-state index contributed by atoms with van der Waals surface area (Å²) < 4.78 is 44.6. The van der Waals surface area contributed by atoms with Gasteiger partial charge in [0.2, 0.25) is 0 Å². The fraction of sp³-hybridized carbons (Fsp3) is 0.615. The fourth-order valence-corrected chi connectivity index (χ4v) is 2.52. The lowest BCUT2D eigenvalue weighted by Crippen LogP contribution is -2.55. The smallest absolute Gasteiger partial charge is 0.423 e. The molecular formula is C13H16F3N3O4. The molecule has 2 unspecified atom stereocenters. The third-order valence-corrected chi connectivity index (χ3v) is 3.73. The minimum absolute atomic E-state index is 0.0272. The first-order valence-corrected chi connectivity index (χ1v) is 6.96. The number of halogens is 3. The molecule has 2 atom stereocenters. The van der Waals surface area contributed by atoms with Gasteiger partial charge in [0.1, 0.15) is 5.56 Å². The molecule has 0 aromatic carbocycles. The average Bonchev–Trinajstić information content (AvgIpc) is 2.35. The van der Waals surface area contributed by atoms with Crippen LogP contribution < -0.4 is 10.5 Å². The lowest BCUT2D eigenvalue weighted by molar-refractivity contribution is -0.140. The van der Waals surface area contributed by atoms with Gasteiger partial charge in [-0.05, 0) is 13.3 Å². The molecular weight excluding hydrogens is 319 g/mol. The first-order chi connectivity index (χ1) is 10.7. The number of aliphatic carboxylic acids is 1. The predicted octanol–water partition coefficient (Wildman–Crippen LogP) is 1.25. The quantitative estimate of drug-likeness (QED) is 0.812. The Labute approximate surface area is 129 Å². The average molecular weight is 335 g/mol. The van der Waals surface area contributed by atoms with E-state index >= 15 is 0 Å². The Kier molecular flexibility index (Phi) is 4.93. The minimum atomic E-state index is -4.79. The molecule has 1 aromatic rings. The topological polar surface area (TPSA) is 95.5 Å². The van der Waals surface area contributed by atoms with E-state index in [9.17, 15) is 22.8 Å². The van der Waals surface area contributed by atoms with E-state index in [1.165, 1.54) is 4.90 Å². The molecule has 1 saturated heterocycles. The van der Waals surface area contributed by atoms with Crippen LogP contribution in [0.15, 0.2) is 11.0 Å². The van der Waals surface area contributed by atoms with Crippen LogP contribution in [0.4, 0.5) is 18.9 Å². The zero-order chi connectivity index (χ0) is 17.2. The number of ether oxygens (including phenoxy) is 1. The van der Waals surface area contributed by atoms with Gasteiger partial charge < -0.3 is 14.7 Å². The molecule has 7 nitrogen and oxygen atoms in total. The van der Waals surface area contributed by atoms with E-state index in [0.29, 0.717) is 13.0 Å². The Hall–Kier alpha value is -2.10. The number of hydrogen-bond donors (Lipinski definition) is 2. The normalized spacial score (nSPS) is 19.3. The molecule has 0 radical (unpaired) electrons. The zero-order valence-corrected chi connectivity index (χ0v) is 12.3. The van der Waals surface area contributed by atoms with Gasteiger partial charge in [0.05, 0.1) is 37.1 Å². The van der Waals surface area contributed by atoms with Crippen molar-refractivity contribution in [1.29, 1.82) is 0 Å². The Morgan fingerprint density at radius 1 is 1.61 bits per heavy atom. The Morgan fingerprint density at radius 3 is 2.83 bits per heavy atom. The molecule has 10 heteroatoms. The van der Waals surface area contributed by atoms with Gasteiger partial charge in [-0.15, -0.1) is 0 Å². The standard InChI is InChI=1S/C13H16F3N3O4/c1-7(23-5-3-10(20)21)8-2-4-19(8)9-6-17-18-12(22)11(9)13(14,15)16/h6-8H,2-5H2,1H3,(H,18,22)(H,20,21). The first kappa shape index (κ1) is 17.3. The van der Waals surface area contributed by atoms with Crippen LogP contribution in [0.1, 0.15) is 25.3 Å². The van der Waals surface area contributed by atoms with Gasteiger partial charge in [-0.2, -0.15) is 18.3 Å². The number of carboxylic acids is 1. The third-order valence-electron chi connectivity index (χ3n) is 3.73. The van der Waals surface area contributed by atoms with Crippen LogP contribution in [0.5, 0.6) is 0 Å².